The summed E-state index contributed by atoms with van der Waals surface area (Å²) >= 11 is 5.78. The predicted molar refractivity (Wildman–Crippen MR) is 110 cm³/mol. The molecule has 2 aliphatic rings. The van der Waals surface area contributed by atoms with Gasteiger partial charge in [-0.25, -0.2) is 0 Å². The second-order valence-corrected chi connectivity index (χ2v) is 8.09. The molecule has 10 heteroatoms. The highest BCUT2D eigenvalue weighted by Crippen LogP contribution is 2.34. The molecule has 0 bridgehead atoms. The van der Waals surface area contributed by atoms with Gasteiger partial charge in [0, 0.05) is 35.7 Å². The van der Waals surface area contributed by atoms with Gasteiger partial charge in [-0.2, -0.15) is 8.78 Å². The van der Waals surface area contributed by atoms with E-state index in [9.17, 15) is 28.0 Å². The molecule has 32 heavy (non-hydrogen) atoms. The average Bonchev–Trinajstić information content (AvgIpc) is 3.09. The van der Waals surface area contributed by atoms with E-state index in [1.165, 1.54) is 11.0 Å². The Bertz CT molecular complexity index is 1120. The Morgan fingerprint density at radius 2 is 1.88 bits per heavy atom. The number of hydrogen-bond acceptors (Lipinski definition) is 4. The van der Waals surface area contributed by atoms with Crippen molar-refractivity contribution in [2.45, 2.75) is 37.9 Å². The molecule has 1 unspecified atom stereocenters. The van der Waals surface area contributed by atoms with Crippen LogP contribution in [0, 0.1) is 0 Å². The summed E-state index contributed by atoms with van der Waals surface area (Å²) < 4.78 is 29.6. The van der Waals surface area contributed by atoms with E-state index < -0.39 is 41.2 Å². The molecule has 1 fully saturated rings. The highest BCUT2D eigenvalue weighted by molar-refractivity contribution is 6.30. The van der Waals surface area contributed by atoms with E-state index in [0.717, 1.165) is 12.1 Å². The first kappa shape index (κ1) is 21.9. The zero-order chi connectivity index (χ0) is 23.0. The van der Waals surface area contributed by atoms with Crippen molar-refractivity contribution in [2.75, 3.05) is 0 Å². The minimum Gasteiger partial charge on any atom is -0.346 e. The van der Waals surface area contributed by atoms with Crippen LogP contribution in [0.25, 0.3) is 0 Å². The van der Waals surface area contributed by atoms with Gasteiger partial charge in [0.2, 0.25) is 11.8 Å². The molecule has 166 valence electrons. The Morgan fingerprint density at radius 3 is 2.56 bits per heavy atom. The maximum atomic E-state index is 14.8. The summed E-state index contributed by atoms with van der Waals surface area (Å²) in [7, 11) is 0. The maximum absolute atomic E-state index is 14.8. The number of alkyl halides is 2. The number of imide groups is 1. The van der Waals surface area contributed by atoms with Crippen molar-refractivity contribution in [2.24, 2.45) is 0 Å². The summed E-state index contributed by atoms with van der Waals surface area (Å²) in [5.41, 5.74) is 0.462. The molecule has 2 heterocycles. The van der Waals surface area contributed by atoms with Gasteiger partial charge in [-0.1, -0.05) is 35.9 Å². The SMILES string of the molecule is O=C1CCC(N2Cc3ccc(C(F)(F)C(=O)NCc4ccc(Cl)cc4)cc3C2=O)C(=O)N1. The normalized spacial score (nSPS) is 18.4. The van der Waals surface area contributed by atoms with E-state index >= 15 is 0 Å². The molecule has 0 aromatic heterocycles. The number of halogens is 3. The van der Waals surface area contributed by atoms with Crippen molar-refractivity contribution in [1.82, 2.24) is 15.5 Å². The van der Waals surface area contributed by atoms with Crippen molar-refractivity contribution in [1.29, 1.82) is 0 Å². The fourth-order valence-electron chi connectivity index (χ4n) is 3.78. The van der Waals surface area contributed by atoms with E-state index in [-0.39, 0.29) is 31.5 Å². The Balaban J connectivity index is 1.49. The molecule has 0 aliphatic carbocycles. The van der Waals surface area contributed by atoms with Crippen LogP contribution in [0.15, 0.2) is 42.5 Å². The quantitative estimate of drug-likeness (QED) is 0.669. The van der Waals surface area contributed by atoms with Crippen molar-refractivity contribution >= 4 is 35.2 Å². The van der Waals surface area contributed by atoms with Gasteiger partial charge < -0.3 is 10.2 Å². The van der Waals surface area contributed by atoms with Crippen LogP contribution in [0.4, 0.5) is 8.78 Å². The molecular weight excluding hydrogens is 444 g/mol. The number of nitrogens with one attached hydrogen (secondary N) is 2. The van der Waals surface area contributed by atoms with Gasteiger partial charge in [0.25, 0.3) is 11.8 Å². The number of piperidine rings is 1. The van der Waals surface area contributed by atoms with E-state index in [4.69, 9.17) is 11.6 Å². The molecule has 0 saturated carbocycles. The summed E-state index contributed by atoms with van der Waals surface area (Å²) in [4.78, 5) is 49.7. The zero-order valence-electron chi connectivity index (χ0n) is 16.7. The lowest BCUT2D eigenvalue weighted by molar-refractivity contribution is -0.147. The highest BCUT2D eigenvalue weighted by atomic mass is 35.5. The largest absolute Gasteiger partial charge is 0.349 e. The van der Waals surface area contributed by atoms with Crippen LogP contribution in [-0.2, 0) is 33.4 Å². The predicted octanol–water partition coefficient (Wildman–Crippen LogP) is 2.51. The minimum absolute atomic E-state index is 0.0115. The molecule has 2 aromatic carbocycles. The highest BCUT2D eigenvalue weighted by Gasteiger charge is 2.44. The maximum Gasteiger partial charge on any atom is 0.349 e. The summed E-state index contributed by atoms with van der Waals surface area (Å²) in [5, 5.41) is 4.86. The van der Waals surface area contributed by atoms with E-state index in [0.29, 0.717) is 16.1 Å². The lowest BCUT2D eigenvalue weighted by Crippen LogP contribution is -2.52. The van der Waals surface area contributed by atoms with Crippen LogP contribution >= 0.6 is 11.6 Å². The van der Waals surface area contributed by atoms with Crippen molar-refractivity contribution < 1.29 is 28.0 Å². The van der Waals surface area contributed by atoms with Gasteiger partial charge in [-0.3, -0.25) is 24.5 Å². The summed E-state index contributed by atoms with van der Waals surface area (Å²) in [5.74, 6) is -6.96. The number of amides is 4. The smallest absolute Gasteiger partial charge is 0.346 e. The number of nitrogens with zero attached hydrogens (tertiary/aromatic N) is 1. The lowest BCUT2D eigenvalue weighted by atomic mass is 10.0. The topological polar surface area (TPSA) is 95.6 Å². The fraction of sp³-hybridized carbons (Fsp3) is 0.273. The number of rotatable bonds is 5. The first-order valence-corrected chi connectivity index (χ1v) is 10.2. The molecule has 2 aliphatic heterocycles. The molecule has 4 rings (SSSR count). The van der Waals surface area contributed by atoms with Gasteiger partial charge in [0.1, 0.15) is 6.04 Å². The summed E-state index contributed by atoms with van der Waals surface area (Å²) in [6, 6.07) is 8.99. The first-order valence-electron chi connectivity index (χ1n) is 9.85. The van der Waals surface area contributed by atoms with Crippen molar-refractivity contribution in [3.63, 3.8) is 0 Å². The van der Waals surface area contributed by atoms with Gasteiger partial charge >= 0.3 is 5.92 Å². The number of benzene rings is 2. The van der Waals surface area contributed by atoms with Crippen LogP contribution in [-0.4, -0.2) is 34.6 Å². The monoisotopic (exact) mass is 461 g/mol. The minimum atomic E-state index is -3.87. The third kappa shape index (κ3) is 4.08. The average molecular weight is 462 g/mol. The molecule has 2 aromatic rings. The van der Waals surface area contributed by atoms with Crippen molar-refractivity contribution in [3.05, 3.63) is 69.7 Å². The molecule has 7 nitrogen and oxygen atoms in total. The van der Waals surface area contributed by atoms with Crippen LogP contribution in [0.3, 0.4) is 0 Å². The van der Waals surface area contributed by atoms with E-state index in [1.54, 1.807) is 24.3 Å². The number of fused-ring (bicyclic) bond motifs is 1. The van der Waals surface area contributed by atoms with E-state index in [2.05, 4.69) is 10.6 Å². The Kier molecular flexibility index (Phi) is 5.68. The Labute approximate surface area is 186 Å². The second-order valence-electron chi connectivity index (χ2n) is 7.66. The molecule has 1 saturated heterocycles. The Hall–Kier alpha value is -3.33. The van der Waals surface area contributed by atoms with Gasteiger partial charge in [-0.15, -0.1) is 0 Å². The number of carbonyl (C=O) groups is 4. The third-order valence-electron chi connectivity index (χ3n) is 5.54. The molecular formula is C22H18ClF2N3O4. The first-order chi connectivity index (χ1) is 15.2. The standard InChI is InChI=1S/C22H18ClF2N3O4/c23-15-5-1-12(2-6-15)10-26-21(32)22(24,25)14-4-3-13-11-28(20(31)16(13)9-14)17-7-8-18(29)27-19(17)30/h1-6,9,17H,7-8,10-11H2,(H,26,32)(H,27,29,30). The molecule has 0 spiro atoms. The second kappa shape index (κ2) is 8.31. The van der Waals surface area contributed by atoms with Crippen LogP contribution < -0.4 is 10.6 Å². The molecule has 2 N–H and O–H groups in total. The Morgan fingerprint density at radius 1 is 1.16 bits per heavy atom. The van der Waals surface area contributed by atoms with Gasteiger partial charge in [-0.05, 0) is 35.7 Å². The molecule has 1 atom stereocenters. The van der Waals surface area contributed by atoms with Gasteiger partial charge in [0.05, 0.1) is 0 Å². The lowest BCUT2D eigenvalue weighted by Gasteiger charge is -2.29. The summed E-state index contributed by atoms with van der Waals surface area (Å²) in [6.07, 6.45) is 0.258. The fourth-order valence-corrected chi connectivity index (χ4v) is 3.90. The summed E-state index contributed by atoms with van der Waals surface area (Å²) in [6.45, 7) is -0.0478. The molecule has 0 radical (unpaired) electrons. The number of carbonyl (C=O) groups excluding carboxylic acids is 4. The van der Waals surface area contributed by atoms with Crippen molar-refractivity contribution in [3.8, 4) is 0 Å². The van der Waals surface area contributed by atoms with Gasteiger partial charge in [0.15, 0.2) is 0 Å². The number of hydrogen-bond donors (Lipinski definition) is 2. The van der Waals surface area contributed by atoms with Crippen LogP contribution in [0.5, 0.6) is 0 Å². The van der Waals surface area contributed by atoms with Crippen LogP contribution in [0.1, 0.15) is 39.9 Å². The third-order valence-corrected chi connectivity index (χ3v) is 5.79. The molecule has 4 amide bonds. The zero-order valence-corrected chi connectivity index (χ0v) is 17.4. The van der Waals surface area contributed by atoms with E-state index in [1.807, 2.05) is 0 Å². The van der Waals surface area contributed by atoms with Crippen LogP contribution in [0.2, 0.25) is 5.02 Å².